The molecule has 5 heteroatoms. The number of benzene rings is 3. The van der Waals surface area contributed by atoms with Gasteiger partial charge in [-0.3, -0.25) is 4.79 Å². The van der Waals surface area contributed by atoms with Gasteiger partial charge in [0.2, 0.25) is 5.91 Å². The summed E-state index contributed by atoms with van der Waals surface area (Å²) in [4.78, 5) is 12.5. The molecule has 3 unspecified atom stereocenters. The van der Waals surface area contributed by atoms with Crippen molar-refractivity contribution in [3.63, 3.8) is 0 Å². The maximum atomic E-state index is 12.5. The SMILES string of the molecule is CC1OC1C(O)[C@@H]1C(=O)N[C@@H]1SC(c1ccccc1)(c1ccccc1)c1ccccc1. The molecule has 0 saturated carbocycles. The Morgan fingerprint density at radius 2 is 1.29 bits per heavy atom. The third kappa shape index (κ3) is 3.57. The second kappa shape index (κ2) is 8.15. The number of aliphatic hydroxyl groups excluding tert-OH is 1. The molecular weight excluding hydrogens is 406 g/mol. The van der Waals surface area contributed by atoms with Crippen LogP contribution in [0.1, 0.15) is 23.6 Å². The number of epoxide rings is 1. The first-order valence-electron chi connectivity index (χ1n) is 10.6. The zero-order valence-corrected chi connectivity index (χ0v) is 18.0. The number of aliphatic hydroxyl groups is 1. The Labute approximate surface area is 186 Å². The van der Waals surface area contributed by atoms with Crippen molar-refractivity contribution in [3.05, 3.63) is 108 Å². The molecule has 0 aliphatic carbocycles. The number of ether oxygens (including phenoxy) is 1. The van der Waals surface area contributed by atoms with Crippen molar-refractivity contribution in [2.75, 3.05) is 0 Å². The van der Waals surface area contributed by atoms with E-state index in [1.54, 1.807) is 11.8 Å². The van der Waals surface area contributed by atoms with Gasteiger partial charge < -0.3 is 15.2 Å². The molecule has 5 rings (SSSR count). The van der Waals surface area contributed by atoms with Crippen molar-refractivity contribution in [1.29, 1.82) is 0 Å². The predicted octanol–water partition coefficient (Wildman–Crippen LogP) is 3.93. The Bertz CT molecular complexity index is 947. The molecule has 31 heavy (non-hydrogen) atoms. The van der Waals surface area contributed by atoms with E-state index < -0.39 is 16.8 Å². The van der Waals surface area contributed by atoms with E-state index in [-0.39, 0.29) is 23.5 Å². The van der Waals surface area contributed by atoms with Crippen molar-refractivity contribution >= 4 is 17.7 Å². The second-order valence-electron chi connectivity index (χ2n) is 8.15. The first kappa shape index (κ1) is 20.3. The standard InChI is InChI=1S/C26H25NO3S/c1-17-23(30-17)22(28)21-24(29)27-25(21)31-26(18-11-5-2-6-12-18,19-13-7-3-8-14-19)20-15-9-4-10-16-20/h2-17,21-23,25,28H,1H3,(H,27,29)/t17?,21-,22?,23?,25-/m1/s1. The number of carbonyl (C=O) groups excluding carboxylic acids is 1. The van der Waals surface area contributed by atoms with Gasteiger partial charge in [-0.15, -0.1) is 11.8 Å². The van der Waals surface area contributed by atoms with Gasteiger partial charge in [-0.2, -0.15) is 0 Å². The van der Waals surface area contributed by atoms with Crippen LogP contribution in [0.3, 0.4) is 0 Å². The van der Waals surface area contributed by atoms with E-state index in [9.17, 15) is 9.90 Å². The summed E-state index contributed by atoms with van der Waals surface area (Å²) in [5, 5.41) is 13.6. The lowest BCUT2D eigenvalue weighted by Crippen LogP contribution is -2.63. The van der Waals surface area contributed by atoms with Crippen LogP contribution in [0.15, 0.2) is 91.0 Å². The Morgan fingerprint density at radius 1 is 0.871 bits per heavy atom. The van der Waals surface area contributed by atoms with Crippen LogP contribution in [0.5, 0.6) is 0 Å². The quantitative estimate of drug-likeness (QED) is 0.338. The van der Waals surface area contributed by atoms with Gasteiger partial charge in [0.05, 0.1) is 28.2 Å². The molecule has 5 atom stereocenters. The zero-order valence-electron chi connectivity index (χ0n) is 17.2. The second-order valence-corrected chi connectivity index (χ2v) is 9.50. The summed E-state index contributed by atoms with van der Waals surface area (Å²) < 4.78 is 4.93. The highest BCUT2D eigenvalue weighted by atomic mass is 32.2. The summed E-state index contributed by atoms with van der Waals surface area (Å²) in [5.41, 5.74) is 3.38. The van der Waals surface area contributed by atoms with E-state index in [4.69, 9.17) is 4.74 Å². The maximum absolute atomic E-state index is 12.5. The average molecular weight is 432 g/mol. The minimum absolute atomic E-state index is 0.00354. The molecule has 3 aromatic carbocycles. The van der Waals surface area contributed by atoms with E-state index in [0.29, 0.717) is 0 Å². The van der Waals surface area contributed by atoms with E-state index in [2.05, 4.69) is 41.7 Å². The Kier molecular flexibility index (Phi) is 5.34. The highest BCUT2D eigenvalue weighted by Crippen LogP contribution is 2.53. The number of β-lactam (4-membered cyclic amide) rings is 1. The summed E-state index contributed by atoms with van der Waals surface area (Å²) in [6, 6.07) is 31.1. The zero-order chi connectivity index (χ0) is 21.4. The van der Waals surface area contributed by atoms with Crippen LogP contribution in [0.25, 0.3) is 0 Å². The highest BCUT2D eigenvalue weighted by Gasteiger charge is 2.55. The van der Waals surface area contributed by atoms with Gasteiger partial charge in [0.1, 0.15) is 6.10 Å². The minimum atomic E-state index is -0.804. The number of amides is 1. The number of nitrogens with one attached hydrogen (secondary N) is 1. The number of rotatable bonds is 7. The average Bonchev–Trinajstić information content (AvgIpc) is 3.55. The molecule has 158 valence electrons. The molecule has 0 radical (unpaired) electrons. The number of carbonyl (C=O) groups is 1. The number of hydrogen-bond acceptors (Lipinski definition) is 4. The summed E-state index contributed by atoms with van der Waals surface area (Å²) >= 11 is 1.68. The minimum Gasteiger partial charge on any atom is -0.389 e. The molecule has 2 N–H and O–H groups in total. The van der Waals surface area contributed by atoms with E-state index >= 15 is 0 Å². The molecule has 2 aliphatic rings. The Morgan fingerprint density at radius 3 is 1.65 bits per heavy atom. The van der Waals surface area contributed by atoms with Crippen molar-refractivity contribution in [3.8, 4) is 0 Å². The summed E-state index contributed by atoms with van der Waals surface area (Å²) in [6.07, 6.45) is -1.07. The fraction of sp³-hybridized carbons (Fsp3) is 0.269. The molecule has 2 fully saturated rings. The molecule has 0 bridgehead atoms. The highest BCUT2D eigenvalue weighted by molar-refractivity contribution is 8.01. The topological polar surface area (TPSA) is 61.9 Å². The first-order chi connectivity index (χ1) is 15.1. The van der Waals surface area contributed by atoms with Crippen LogP contribution in [-0.2, 0) is 14.3 Å². The van der Waals surface area contributed by atoms with Gasteiger partial charge in [0.15, 0.2) is 0 Å². The van der Waals surface area contributed by atoms with Crippen LogP contribution in [0, 0.1) is 5.92 Å². The molecule has 4 nitrogen and oxygen atoms in total. The first-order valence-corrected chi connectivity index (χ1v) is 11.5. The van der Waals surface area contributed by atoms with Gasteiger partial charge >= 0.3 is 0 Å². The molecule has 3 aromatic rings. The van der Waals surface area contributed by atoms with Crippen molar-refractivity contribution < 1.29 is 14.6 Å². The van der Waals surface area contributed by atoms with Crippen molar-refractivity contribution in [2.24, 2.45) is 5.92 Å². The smallest absolute Gasteiger partial charge is 0.229 e. The van der Waals surface area contributed by atoms with Crippen molar-refractivity contribution in [1.82, 2.24) is 5.32 Å². The normalized spacial score (nSPS) is 25.9. The molecule has 0 spiro atoms. The maximum Gasteiger partial charge on any atom is 0.229 e. The van der Waals surface area contributed by atoms with Gasteiger partial charge in [-0.05, 0) is 23.6 Å². The molecule has 2 heterocycles. The lowest BCUT2D eigenvalue weighted by Gasteiger charge is -2.45. The van der Waals surface area contributed by atoms with Crippen LogP contribution in [-0.4, -0.2) is 34.7 Å². The molecule has 2 aliphatic heterocycles. The Balaban J connectivity index is 1.61. The lowest BCUT2D eigenvalue weighted by molar-refractivity contribution is -0.138. The third-order valence-electron chi connectivity index (χ3n) is 6.22. The molecule has 2 saturated heterocycles. The van der Waals surface area contributed by atoms with E-state index in [0.717, 1.165) is 16.7 Å². The van der Waals surface area contributed by atoms with Crippen LogP contribution < -0.4 is 5.32 Å². The summed E-state index contributed by atoms with van der Waals surface area (Å²) in [6.45, 7) is 1.93. The summed E-state index contributed by atoms with van der Waals surface area (Å²) in [7, 11) is 0. The monoisotopic (exact) mass is 431 g/mol. The van der Waals surface area contributed by atoms with Gasteiger partial charge in [0, 0.05) is 0 Å². The molecule has 0 aromatic heterocycles. The van der Waals surface area contributed by atoms with Gasteiger partial charge in [-0.25, -0.2) is 0 Å². The Hall–Kier alpha value is -2.60. The predicted molar refractivity (Wildman–Crippen MR) is 123 cm³/mol. The van der Waals surface area contributed by atoms with Gasteiger partial charge in [0.25, 0.3) is 0 Å². The summed E-state index contributed by atoms with van der Waals surface area (Å²) in [5.74, 6) is -0.619. The number of thioether (sulfide) groups is 1. The molecular formula is C26H25NO3S. The number of hydrogen-bond donors (Lipinski definition) is 2. The molecule has 1 amide bonds. The van der Waals surface area contributed by atoms with Crippen LogP contribution in [0.4, 0.5) is 0 Å². The third-order valence-corrected chi connectivity index (χ3v) is 7.95. The van der Waals surface area contributed by atoms with E-state index in [1.165, 1.54) is 0 Å². The van der Waals surface area contributed by atoms with E-state index in [1.807, 2.05) is 61.5 Å². The lowest BCUT2D eigenvalue weighted by atomic mass is 9.84. The fourth-order valence-corrected chi connectivity index (χ4v) is 6.29. The van der Waals surface area contributed by atoms with Gasteiger partial charge in [-0.1, -0.05) is 91.0 Å². The van der Waals surface area contributed by atoms with Crippen LogP contribution in [0.2, 0.25) is 0 Å². The largest absolute Gasteiger partial charge is 0.389 e. The fourth-order valence-electron chi connectivity index (χ4n) is 4.48. The van der Waals surface area contributed by atoms with Crippen molar-refractivity contribution in [2.45, 2.75) is 35.4 Å². The van der Waals surface area contributed by atoms with Crippen LogP contribution >= 0.6 is 11.8 Å².